The summed E-state index contributed by atoms with van der Waals surface area (Å²) in [6.07, 6.45) is 38.7. The standard InChI is InChI=1S/C37H71NO5S/c1-3-5-7-9-11-13-15-17-19-20-22-24-26-28-30-32-36(39)35(34-44(41,42)43)38-37(40)33-31-29-27-25-23-21-18-16-14-12-10-8-6-4-2/h16,18,30,32,35-36,39H,3-15,17,19-29,31,33-34H2,1-2H3,(H,38,40)(H,41,42,43)/b18-16-,32-30+. The number of unbranched alkanes of at least 4 members (excludes halogenated alkanes) is 23. The molecule has 0 spiro atoms. The first kappa shape index (κ1) is 42.8. The van der Waals surface area contributed by atoms with Crippen molar-refractivity contribution >= 4 is 16.0 Å². The zero-order valence-corrected chi connectivity index (χ0v) is 29.6. The van der Waals surface area contributed by atoms with Crippen LogP contribution in [0.15, 0.2) is 24.3 Å². The lowest BCUT2D eigenvalue weighted by Gasteiger charge is -2.21. The van der Waals surface area contributed by atoms with E-state index in [1.54, 1.807) is 6.08 Å². The van der Waals surface area contributed by atoms with Crippen LogP contribution in [0.4, 0.5) is 0 Å². The van der Waals surface area contributed by atoms with Gasteiger partial charge in [-0.05, 0) is 44.9 Å². The average molecular weight is 642 g/mol. The largest absolute Gasteiger partial charge is 0.387 e. The van der Waals surface area contributed by atoms with Crippen LogP contribution in [-0.4, -0.2) is 41.9 Å². The van der Waals surface area contributed by atoms with Crippen molar-refractivity contribution in [3.8, 4) is 0 Å². The summed E-state index contributed by atoms with van der Waals surface area (Å²) in [5.74, 6) is -0.987. The number of nitrogens with one attached hydrogen (secondary N) is 1. The maximum Gasteiger partial charge on any atom is 0.267 e. The van der Waals surface area contributed by atoms with Crippen molar-refractivity contribution in [3.05, 3.63) is 24.3 Å². The van der Waals surface area contributed by atoms with Crippen molar-refractivity contribution in [2.45, 2.75) is 199 Å². The molecular formula is C37H71NO5S. The topological polar surface area (TPSA) is 104 Å². The first-order valence-corrected chi connectivity index (χ1v) is 20.1. The molecule has 7 heteroatoms. The lowest BCUT2D eigenvalue weighted by Crippen LogP contribution is -2.46. The summed E-state index contributed by atoms with van der Waals surface area (Å²) in [6, 6.07) is -1.06. The molecule has 0 aliphatic carbocycles. The lowest BCUT2D eigenvalue weighted by molar-refractivity contribution is -0.122. The monoisotopic (exact) mass is 642 g/mol. The molecule has 0 aliphatic heterocycles. The molecule has 0 bridgehead atoms. The second kappa shape index (κ2) is 31.8. The second-order valence-corrected chi connectivity index (χ2v) is 14.4. The van der Waals surface area contributed by atoms with Gasteiger partial charge in [0.1, 0.15) is 0 Å². The number of amides is 1. The maximum atomic E-state index is 12.4. The van der Waals surface area contributed by atoms with Crippen molar-refractivity contribution in [1.29, 1.82) is 0 Å². The van der Waals surface area contributed by atoms with Crippen LogP contribution >= 0.6 is 0 Å². The normalized spacial score (nSPS) is 13.6. The zero-order valence-electron chi connectivity index (χ0n) is 28.8. The summed E-state index contributed by atoms with van der Waals surface area (Å²) in [6.45, 7) is 4.50. The third-order valence-electron chi connectivity index (χ3n) is 8.37. The van der Waals surface area contributed by atoms with Crippen LogP contribution < -0.4 is 5.32 Å². The zero-order chi connectivity index (χ0) is 32.6. The van der Waals surface area contributed by atoms with E-state index in [0.717, 1.165) is 57.8 Å². The molecule has 3 N–H and O–H groups in total. The summed E-state index contributed by atoms with van der Waals surface area (Å²) >= 11 is 0. The Bertz CT molecular complexity index is 796. The fourth-order valence-electron chi connectivity index (χ4n) is 5.56. The van der Waals surface area contributed by atoms with Gasteiger partial charge in [0.2, 0.25) is 5.91 Å². The highest BCUT2D eigenvalue weighted by molar-refractivity contribution is 7.85. The SMILES string of the molecule is CCCCCCC/C=C\CCCCCCCC(=O)NC(CS(=O)(=O)O)C(O)/C=C/CCCCCCCCCCCCCCC. The molecule has 2 atom stereocenters. The Hall–Kier alpha value is -1.18. The summed E-state index contributed by atoms with van der Waals surface area (Å²) in [7, 11) is -4.34. The van der Waals surface area contributed by atoms with E-state index in [1.165, 1.54) is 109 Å². The van der Waals surface area contributed by atoms with Gasteiger partial charge < -0.3 is 10.4 Å². The van der Waals surface area contributed by atoms with Gasteiger partial charge in [0.15, 0.2) is 0 Å². The Morgan fingerprint density at radius 3 is 1.36 bits per heavy atom. The molecule has 0 fully saturated rings. The predicted octanol–water partition coefficient (Wildman–Crippen LogP) is 10.4. The molecule has 6 nitrogen and oxygen atoms in total. The van der Waals surface area contributed by atoms with Crippen molar-refractivity contribution < 1.29 is 22.9 Å². The van der Waals surface area contributed by atoms with E-state index in [4.69, 9.17) is 0 Å². The van der Waals surface area contributed by atoms with Crippen LogP contribution in [0.2, 0.25) is 0 Å². The van der Waals surface area contributed by atoms with Crippen LogP contribution in [0.5, 0.6) is 0 Å². The summed E-state index contributed by atoms with van der Waals surface area (Å²) in [5, 5.41) is 13.2. The van der Waals surface area contributed by atoms with Gasteiger partial charge in [-0.2, -0.15) is 8.42 Å². The highest BCUT2D eigenvalue weighted by Crippen LogP contribution is 2.14. The molecule has 0 heterocycles. The van der Waals surface area contributed by atoms with Crippen LogP contribution in [0.25, 0.3) is 0 Å². The Labute approximate surface area is 273 Å². The highest BCUT2D eigenvalue weighted by Gasteiger charge is 2.24. The number of rotatable bonds is 33. The average Bonchev–Trinajstić information content (AvgIpc) is 2.98. The van der Waals surface area contributed by atoms with E-state index in [0.29, 0.717) is 0 Å². The molecule has 0 aromatic carbocycles. The van der Waals surface area contributed by atoms with E-state index < -0.39 is 28.0 Å². The van der Waals surface area contributed by atoms with Gasteiger partial charge in [-0.1, -0.05) is 160 Å². The molecule has 44 heavy (non-hydrogen) atoms. The molecule has 0 radical (unpaired) electrons. The van der Waals surface area contributed by atoms with Gasteiger partial charge in [0, 0.05) is 6.42 Å². The summed E-state index contributed by atoms with van der Waals surface area (Å²) in [5.41, 5.74) is 0. The molecule has 2 unspecified atom stereocenters. The Kier molecular flexibility index (Phi) is 30.9. The van der Waals surface area contributed by atoms with Crippen LogP contribution in [-0.2, 0) is 14.9 Å². The third kappa shape index (κ3) is 32.2. The number of aliphatic hydroxyl groups excluding tert-OH is 1. The minimum Gasteiger partial charge on any atom is -0.387 e. The number of allylic oxidation sites excluding steroid dienone is 3. The Morgan fingerprint density at radius 1 is 0.591 bits per heavy atom. The smallest absolute Gasteiger partial charge is 0.267 e. The molecule has 0 aromatic rings. The number of hydrogen-bond acceptors (Lipinski definition) is 4. The van der Waals surface area contributed by atoms with E-state index in [2.05, 4.69) is 31.3 Å². The molecular weight excluding hydrogens is 570 g/mol. The number of hydrogen-bond donors (Lipinski definition) is 3. The Morgan fingerprint density at radius 2 is 0.955 bits per heavy atom. The highest BCUT2D eigenvalue weighted by atomic mass is 32.2. The van der Waals surface area contributed by atoms with Crippen LogP contribution in [0.1, 0.15) is 187 Å². The van der Waals surface area contributed by atoms with Gasteiger partial charge >= 0.3 is 0 Å². The molecule has 0 saturated heterocycles. The first-order valence-electron chi connectivity index (χ1n) is 18.5. The van der Waals surface area contributed by atoms with Crippen LogP contribution in [0, 0.1) is 0 Å². The van der Waals surface area contributed by atoms with Crippen molar-refractivity contribution in [2.24, 2.45) is 0 Å². The minimum atomic E-state index is -4.34. The molecule has 1 amide bonds. The Balaban J connectivity index is 4.00. The first-order chi connectivity index (χ1) is 21.3. The summed E-state index contributed by atoms with van der Waals surface area (Å²) < 4.78 is 32.3. The predicted molar refractivity (Wildman–Crippen MR) is 189 cm³/mol. The van der Waals surface area contributed by atoms with Gasteiger partial charge in [-0.15, -0.1) is 0 Å². The van der Waals surface area contributed by atoms with E-state index in [9.17, 15) is 22.9 Å². The quantitative estimate of drug-likeness (QED) is 0.0376. The lowest BCUT2D eigenvalue weighted by atomic mass is 10.0. The van der Waals surface area contributed by atoms with Gasteiger partial charge in [-0.3, -0.25) is 9.35 Å². The molecule has 260 valence electrons. The van der Waals surface area contributed by atoms with Gasteiger partial charge in [0.05, 0.1) is 17.9 Å². The maximum absolute atomic E-state index is 12.4. The van der Waals surface area contributed by atoms with Crippen molar-refractivity contribution in [2.75, 3.05) is 5.75 Å². The van der Waals surface area contributed by atoms with E-state index >= 15 is 0 Å². The number of carbonyl (C=O) groups excluding carboxylic acids is 1. The number of aliphatic hydroxyl groups is 1. The minimum absolute atomic E-state index is 0.287. The fourth-order valence-corrected chi connectivity index (χ4v) is 6.30. The van der Waals surface area contributed by atoms with E-state index in [1.807, 2.05) is 6.08 Å². The molecule has 0 aromatic heterocycles. The van der Waals surface area contributed by atoms with Crippen LogP contribution in [0.3, 0.4) is 0 Å². The number of carbonyl (C=O) groups is 1. The fraction of sp³-hybridized carbons (Fsp3) is 0.865. The molecule has 0 rings (SSSR count). The van der Waals surface area contributed by atoms with Crippen molar-refractivity contribution in [3.63, 3.8) is 0 Å². The van der Waals surface area contributed by atoms with Crippen molar-refractivity contribution in [1.82, 2.24) is 5.32 Å². The molecule has 0 saturated carbocycles. The summed E-state index contributed by atoms with van der Waals surface area (Å²) in [4.78, 5) is 12.4. The van der Waals surface area contributed by atoms with Gasteiger partial charge in [0.25, 0.3) is 10.1 Å². The second-order valence-electron chi connectivity index (χ2n) is 12.9. The third-order valence-corrected chi connectivity index (χ3v) is 9.15. The van der Waals surface area contributed by atoms with E-state index in [-0.39, 0.29) is 12.3 Å². The van der Waals surface area contributed by atoms with Gasteiger partial charge in [-0.25, -0.2) is 0 Å². The molecule has 0 aliphatic rings.